The quantitative estimate of drug-likeness (QED) is 0.480. The number of rotatable bonds is 6. The molecule has 1 heterocycles. The molecule has 2 aromatic carbocycles. The van der Waals surface area contributed by atoms with Gasteiger partial charge in [0.25, 0.3) is 5.91 Å². The van der Waals surface area contributed by atoms with Crippen LogP contribution in [0.25, 0.3) is 0 Å². The molecule has 1 amide bonds. The van der Waals surface area contributed by atoms with E-state index in [9.17, 15) is 14.4 Å². The van der Waals surface area contributed by atoms with Gasteiger partial charge in [0.1, 0.15) is 11.5 Å². The number of anilines is 1. The first-order chi connectivity index (χ1) is 18.3. The van der Waals surface area contributed by atoms with Crippen LogP contribution >= 0.6 is 11.6 Å². The maximum atomic E-state index is 13.1. The van der Waals surface area contributed by atoms with Crippen LogP contribution < -0.4 is 14.8 Å². The maximum Gasteiger partial charge on any atom is 0.262 e. The van der Waals surface area contributed by atoms with Gasteiger partial charge in [-0.3, -0.25) is 14.4 Å². The van der Waals surface area contributed by atoms with Crippen molar-refractivity contribution in [2.75, 3.05) is 19.0 Å². The summed E-state index contributed by atoms with van der Waals surface area (Å²) in [6.45, 7) is 3.64. The first-order valence-electron chi connectivity index (χ1n) is 12.8. The lowest BCUT2D eigenvalue weighted by atomic mass is 9.73. The number of carbonyl (C=O) groups excluding carboxylic acids is 3. The molecule has 0 radical (unpaired) electrons. The fraction of sp³-hybridized carbons (Fsp3) is 0.367. The number of Topliss-reactive ketones (excluding diaryl/α,β-unsaturated/α-hetero) is 2. The summed E-state index contributed by atoms with van der Waals surface area (Å²) in [5.41, 5.74) is 4.49. The van der Waals surface area contributed by atoms with Crippen molar-refractivity contribution in [3.8, 4) is 11.5 Å². The van der Waals surface area contributed by atoms with Crippen LogP contribution in [0.3, 0.4) is 0 Å². The minimum atomic E-state index is -0.567. The summed E-state index contributed by atoms with van der Waals surface area (Å²) in [5, 5.41) is 3.09. The normalized spacial score (nSPS) is 17.6. The summed E-state index contributed by atoms with van der Waals surface area (Å²) in [4.78, 5) is 38.8. The molecule has 0 spiro atoms. The van der Waals surface area contributed by atoms with Crippen molar-refractivity contribution < 1.29 is 28.6 Å². The van der Waals surface area contributed by atoms with Crippen LogP contribution in [0.5, 0.6) is 11.5 Å². The minimum absolute atomic E-state index is 0.0142. The van der Waals surface area contributed by atoms with Crippen molar-refractivity contribution in [2.45, 2.75) is 58.3 Å². The number of carbonyl (C=O) groups is 3. The van der Waals surface area contributed by atoms with E-state index in [4.69, 9.17) is 25.8 Å². The zero-order valence-corrected chi connectivity index (χ0v) is 22.5. The number of methoxy groups -OCH3 is 1. The van der Waals surface area contributed by atoms with E-state index in [1.54, 1.807) is 12.1 Å². The average Bonchev–Trinajstić information content (AvgIpc) is 2.89. The van der Waals surface area contributed by atoms with Crippen LogP contribution in [0.4, 0.5) is 5.69 Å². The molecule has 38 heavy (non-hydrogen) atoms. The molecular formula is C30H30ClNO6. The largest absolute Gasteiger partial charge is 0.493 e. The first-order valence-corrected chi connectivity index (χ1v) is 13.2. The van der Waals surface area contributed by atoms with Crippen molar-refractivity contribution in [3.05, 3.63) is 74.7 Å². The van der Waals surface area contributed by atoms with Gasteiger partial charge in [-0.15, -0.1) is 0 Å². The Bertz CT molecular complexity index is 1360. The summed E-state index contributed by atoms with van der Waals surface area (Å²) < 4.78 is 17.5. The highest BCUT2D eigenvalue weighted by Gasteiger charge is 2.42. The fourth-order valence-electron chi connectivity index (χ4n) is 5.41. The zero-order chi connectivity index (χ0) is 27.0. The van der Waals surface area contributed by atoms with E-state index in [1.165, 1.54) is 7.11 Å². The number of hydrogen-bond acceptors (Lipinski definition) is 6. The molecule has 1 N–H and O–H groups in total. The van der Waals surface area contributed by atoms with Crippen molar-refractivity contribution in [2.24, 2.45) is 0 Å². The Morgan fingerprint density at radius 1 is 1.03 bits per heavy atom. The molecule has 1 aliphatic heterocycles. The molecular weight excluding hydrogens is 506 g/mol. The van der Waals surface area contributed by atoms with Crippen LogP contribution in [-0.2, 0) is 19.1 Å². The SMILES string of the molecule is COc1cc(C2C3=C(CCCC3=O)OC3=C2C(=O)CCC3)cc(Cl)c1OCC(=O)Nc1cccc(C)c1C. The molecule has 2 aliphatic carbocycles. The minimum Gasteiger partial charge on any atom is -0.493 e. The van der Waals surface area contributed by atoms with Gasteiger partial charge in [-0.2, -0.15) is 0 Å². The van der Waals surface area contributed by atoms with Crippen LogP contribution in [0.2, 0.25) is 5.02 Å². The molecule has 7 nitrogen and oxygen atoms in total. The topological polar surface area (TPSA) is 90.9 Å². The number of hydrogen-bond donors (Lipinski definition) is 1. The summed E-state index contributed by atoms with van der Waals surface area (Å²) >= 11 is 6.68. The highest BCUT2D eigenvalue weighted by atomic mass is 35.5. The lowest BCUT2D eigenvalue weighted by molar-refractivity contribution is -0.119. The van der Waals surface area contributed by atoms with Gasteiger partial charge in [0, 0.05) is 48.4 Å². The summed E-state index contributed by atoms with van der Waals surface area (Å²) in [5.74, 6) is 0.901. The van der Waals surface area contributed by atoms with Crippen LogP contribution in [0.15, 0.2) is 53.0 Å². The van der Waals surface area contributed by atoms with E-state index in [2.05, 4.69) is 5.32 Å². The lowest BCUT2D eigenvalue weighted by Gasteiger charge is -2.36. The number of allylic oxidation sites excluding steroid dienone is 4. The van der Waals surface area contributed by atoms with E-state index in [-0.39, 0.29) is 34.9 Å². The molecule has 0 unspecified atom stereocenters. The second-order valence-electron chi connectivity index (χ2n) is 9.88. The Kier molecular flexibility index (Phi) is 7.30. The Morgan fingerprint density at radius 2 is 1.68 bits per heavy atom. The Labute approximate surface area is 226 Å². The molecule has 2 aromatic rings. The lowest BCUT2D eigenvalue weighted by Crippen LogP contribution is -2.30. The van der Waals surface area contributed by atoms with Gasteiger partial charge >= 0.3 is 0 Å². The van der Waals surface area contributed by atoms with Crippen molar-refractivity contribution in [1.82, 2.24) is 0 Å². The van der Waals surface area contributed by atoms with Crippen molar-refractivity contribution in [1.29, 1.82) is 0 Å². The first kappa shape index (κ1) is 26.0. The molecule has 198 valence electrons. The van der Waals surface area contributed by atoms with Crippen LogP contribution in [-0.4, -0.2) is 31.2 Å². The van der Waals surface area contributed by atoms with Crippen molar-refractivity contribution in [3.63, 3.8) is 0 Å². The summed E-state index contributed by atoms with van der Waals surface area (Å²) in [6, 6.07) is 9.12. The van der Waals surface area contributed by atoms with Gasteiger partial charge in [0.05, 0.1) is 12.1 Å². The predicted molar refractivity (Wildman–Crippen MR) is 144 cm³/mol. The van der Waals surface area contributed by atoms with Crippen LogP contribution in [0.1, 0.15) is 61.1 Å². The van der Waals surface area contributed by atoms with E-state index in [0.717, 1.165) is 24.0 Å². The number of ketones is 2. The molecule has 0 fully saturated rings. The third-order valence-corrected chi connectivity index (χ3v) is 7.73. The Hall–Kier alpha value is -3.58. The number of nitrogens with one attached hydrogen (secondary N) is 1. The van der Waals surface area contributed by atoms with Gasteiger partial charge < -0.3 is 19.5 Å². The van der Waals surface area contributed by atoms with Gasteiger partial charge in [-0.25, -0.2) is 0 Å². The molecule has 0 bridgehead atoms. The molecule has 0 aromatic heterocycles. The highest BCUT2D eigenvalue weighted by molar-refractivity contribution is 6.32. The van der Waals surface area contributed by atoms with E-state index in [1.807, 2.05) is 32.0 Å². The van der Waals surface area contributed by atoms with E-state index < -0.39 is 5.92 Å². The van der Waals surface area contributed by atoms with E-state index in [0.29, 0.717) is 65.3 Å². The summed E-state index contributed by atoms with van der Waals surface area (Å²) in [7, 11) is 1.48. The number of aryl methyl sites for hydroxylation is 1. The van der Waals surface area contributed by atoms with Gasteiger partial charge in [0.2, 0.25) is 0 Å². The second kappa shape index (κ2) is 10.7. The molecule has 3 aliphatic rings. The number of amides is 1. The maximum absolute atomic E-state index is 13.1. The third-order valence-electron chi connectivity index (χ3n) is 7.45. The van der Waals surface area contributed by atoms with Gasteiger partial charge in [-0.1, -0.05) is 23.7 Å². The fourth-order valence-corrected chi connectivity index (χ4v) is 5.68. The predicted octanol–water partition coefficient (Wildman–Crippen LogP) is 6.11. The Morgan fingerprint density at radius 3 is 2.32 bits per heavy atom. The average molecular weight is 536 g/mol. The van der Waals surface area contributed by atoms with Crippen molar-refractivity contribution >= 4 is 34.8 Å². The van der Waals surface area contributed by atoms with Gasteiger partial charge in [0.15, 0.2) is 29.7 Å². The molecule has 0 saturated heterocycles. The van der Waals surface area contributed by atoms with Crippen LogP contribution in [0, 0.1) is 13.8 Å². The highest BCUT2D eigenvalue weighted by Crippen LogP contribution is 2.50. The Balaban J connectivity index is 1.45. The number of halogens is 1. The smallest absolute Gasteiger partial charge is 0.262 e. The monoisotopic (exact) mass is 535 g/mol. The summed E-state index contributed by atoms with van der Waals surface area (Å²) in [6.07, 6.45) is 3.59. The number of benzene rings is 2. The molecule has 5 rings (SSSR count). The molecule has 0 atom stereocenters. The standard InChI is InChI=1S/C30H30ClNO6/c1-16-7-4-8-20(17(16)2)32-26(35)15-37-30-19(31)13-18(14-25(30)36-3)27-28-21(33)9-5-11-23(28)38-24-12-6-10-22(34)29(24)27/h4,7-8,13-14,27H,5-6,9-12,15H2,1-3H3,(H,32,35). The molecule has 0 saturated carbocycles. The zero-order valence-electron chi connectivity index (χ0n) is 21.7. The second-order valence-corrected chi connectivity index (χ2v) is 10.3. The van der Waals surface area contributed by atoms with E-state index >= 15 is 0 Å². The molecule has 8 heteroatoms. The third kappa shape index (κ3) is 4.83. The van der Waals surface area contributed by atoms with Gasteiger partial charge in [-0.05, 0) is 61.6 Å². The number of ether oxygens (including phenoxy) is 3.